The fourth-order valence-electron chi connectivity index (χ4n) is 2.75. The molecule has 1 aliphatic heterocycles. The van der Waals surface area contributed by atoms with Gasteiger partial charge >= 0.3 is 0 Å². The Kier molecular flexibility index (Phi) is 4.89. The zero-order valence-electron chi connectivity index (χ0n) is 13.7. The van der Waals surface area contributed by atoms with Crippen LogP contribution in [0.15, 0.2) is 18.2 Å². The topological polar surface area (TPSA) is 24.5 Å². The lowest BCUT2D eigenvalue weighted by Gasteiger charge is -2.38. The molecule has 0 aliphatic carbocycles. The van der Waals surface area contributed by atoms with Crippen molar-refractivity contribution in [2.24, 2.45) is 0 Å². The maximum atomic E-state index is 14.3. The number of anilines is 1. The Balaban J connectivity index is 2.24. The molecule has 0 amide bonds. The molecular formula is C17H27FN2O. The van der Waals surface area contributed by atoms with E-state index in [2.05, 4.69) is 44.8 Å². The number of benzene rings is 1. The minimum Gasteiger partial charge on any atom is -0.372 e. The third-order valence-corrected chi connectivity index (χ3v) is 3.65. The van der Waals surface area contributed by atoms with E-state index >= 15 is 0 Å². The van der Waals surface area contributed by atoms with Gasteiger partial charge in [-0.05, 0) is 46.8 Å². The Labute approximate surface area is 127 Å². The van der Waals surface area contributed by atoms with E-state index < -0.39 is 0 Å². The van der Waals surface area contributed by atoms with Crippen molar-refractivity contribution in [3.8, 4) is 0 Å². The fraction of sp³-hybridized carbons (Fsp3) is 0.647. The Morgan fingerprint density at radius 2 is 1.86 bits per heavy atom. The van der Waals surface area contributed by atoms with Gasteiger partial charge in [0.2, 0.25) is 0 Å². The van der Waals surface area contributed by atoms with Gasteiger partial charge in [-0.3, -0.25) is 0 Å². The summed E-state index contributed by atoms with van der Waals surface area (Å²) in [6.45, 7) is 12.5. The first kappa shape index (κ1) is 16.2. The van der Waals surface area contributed by atoms with Gasteiger partial charge in [0.15, 0.2) is 0 Å². The molecule has 0 saturated carbocycles. The summed E-state index contributed by atoms with van der Waals surface area (Å²) >= 11 is 0. The smallest absolute Gasteiger partial charge is 0.129 e. The Morgan fingerprint density at radius 3 is 2.43 bits per heavy atom. The molecular weight excluding hydrogens is 267 g/mol. The molecule has 1 aromatic rings. The molecule has 1 heterocycles. The second-order valence-electron chi connectivity index (χ2n) is 7.00. The summed E-state index contributed by atoms with van der Waals surface area (Å²) in [5.74, 6) is -0.143. The van der Waals surface area contributed by atoms with Crippen LogP contribution >= 0.6 is 0 Å². The Bertz CT molecular complexity index is 474. The van der Waals surface area contributed by atoms with Crippen LogP contribution in [0.4, 0.5) is 10.1 Å². The van der Waals surface area contributed by atoms with Gasteiger partial charge in [-0.1, -0.05) is 6.07 Å². The lowest BCUT2D eigenvalue weighted by molar-refractivity contribution is -0.00529. The van der Waals surface area contributed by atoms with Crippen LogP contribution in [0.3, 0.4) is 0 Å². The van der Waals surface area contributed by atoms with Crippen molar-refractivity contribution in [2.75, 3.05) is 18.0 Å². The van der Waals surface area contributed by atoms with E-state index in [4.69, 9.17) is 4.74 Å². The summed E-state index contributed by atoms with van der Waals surface area (Å²) < 4.78 is 20.0. The van der Waals surface area contributed by atoms with E-state index in [1.54, 1.807) is 6.07 Å². The molecule has 1 fully saturated rings. The molecule has 21 heavy (non-hydrogen) atoms. The average molecular weight is 294 g/mol. The summed E-state index contributed by atoms with van der Waals surface area (Å²) in [6.07, 6.45) is 0.334. The zero-order chi connectivity index (χ0) is 15.6. The lowest BCUT2D eigenvalue weighted by atomic mass is 10.1. The molecule has 2 atom stereocenters. The van der Waals surface area contributed by atoms with Crippen LogP contribution in [0.2, 0.25) is 0 Å². The molecule has 0 spiro atoms. The third kappa shape index (κ3) is 4.42. The highest BCUT2D eigenvalue weighted by atomic mass is 19.1. The monoisotopic (exact) mass is 294 g/mol. The predicted octanol–water partition coefficient (Wildman–Crippen LogP) is 3.33. The average Bonchev–Trinajstić information content (AvgIpc) is 2.34. The maximum Gasteiger partial charge on any atom is 0.129 e. The van der Waals surface area contributed by atoms with Gasteiger partial charge in [0.1, 0.15) is 5.82 Å². The minimum absolute atomic E-state index is 0.0366. The highest BCUT2D eigenvalue weighted by Gasteiger charge is 2.25. The molecule has 0 aromatic heterocycles. The molecule has 1 aliphatic rings. The second-order valence-corrected chi connectivity index (χ2v) is 7.00. The summed E-state index contributed by atoms with van der Waals surface area (Å²) in [5, 5.41) is 3.38. The third-order valence-electron chi connectivity index (χ3n) is 3.65. The van der Waals surface area contributed by atoms with Crippen LogP contribution in [-0.2, 0) is 11.3 Å². The van der Waals surface area contributed by atoms with Crippen molar-refractivity contribution < 1.29 is 9.13 Å². The summed E-state index contributed by atoms with van der Waals surface area (Å²) in [6, 6.07) is 5.33. The largest absolute Gasteiger partial charge is 0.372 e. The van der Waals surface area contributed by atoms with E-state index in [9.17, 15) is 4.39 Å². The molecule has 0 bridgehead atoms. The van der Waals surface area contributed by atoms with Crippen molar-refractivity contribution in [2.45, 2.75) is 58.9 Å². The first-order valence-corrected chi connectivity index (χ1v) is 7.69. The molecule has 1 saturated heterocycles. The summed E-state index contributed by atoms with van der Waals surface area (Å²) in [5.41, 5.74) is 1.69. The molecule has 1 N–H and O–H groups in total. The van der Waals surface area contributed by atoms with Gasteiger partial charge in [-0.15, -0.1) is 0 Å². The lowest BCUT2D eigenvalue weighted by Crippen LogP contribution is -2.46. The predicted molar refractivity (Wildman–Crippen MR) is 85.2 cm³/mol. The number of morpholine rings is 1. The van der Waals surface area contributed by atoms with E-state index in [0.29, 0.717) is 6.54 Å². The van der Waals surface area contributed by atoms with E-state index in [1.807, 2.05) is 6.07 Å². The SMILES string of the molecule is CC1CN(c2cccc(F)c2CNC(C)(C)C)CC(C)O1. The van der Waals surface area contributed by atoms with Crippen LogP contribution in [0.25, 0.3) is 0 Å². The van der Waals surface area contributed by atoms with E-state index in [-0.39, 0.29) is 23.6 Å². The summed E-state index contributed by atoms with van der Waals surface area (Å²) in [7, 11) is 0. The van der Waals surface area contributed by atoms with E-state index in [0.717, 1.165) is 24.3 Å². The molecule has 118 valence electrons. The quantitative estimate of drug-likeness (QED) is 0.925. The number of nitrogens with zero attached hydrogens (tertiary/aromatic N) is 1. The van der Waals surface area contributed by atoms with Gasteiger partial charge in [-0.25, -0.2) is 4.39 Å². The van der Waals surface area contributed by atoms with Gasteiger partial charge in [0, 0.05) is 36.4 Å². The van der Waals surface area contributed by atoms with Crippen molar-refractivity contribution in [3.63, 3.8) is 0 Å². The number of hydrogen-bond donors (Lipinski definition) is 1. The maximum absolute atomic E-state index is 14.3. The number of hydrogen-bond acceptors (Lipinski definition) is 3. The van der Waals surface area contributed by atoms with Crippen LogP contribution in [0.1, 0.15) is 40.2 Å². The molecule has 2 unspecified atom stereocenters. The highest BCUT2D eigenvalue weighted by molar-refractivity contribution is 5.54. The van der Waals surface area contributed by atoms with Crippen molar-refractivity contribution in [3.05, 3.63) is 29.6 Å². The Hall–Kier alpha value is -1.13. The van der Waals surface area contributed by atoms with Crippen molar-refractivity contribution >= 4 is 5.69 Å². The van der Waals surface area contributed by atoms with Crippen LogP contribution in [0.5, 0.6) is 0 Å². The summed E-state index contributed by atoms with van der Waals surface area (Å²) in [4.78, 5) is 2.24. The number of halogens is 1. The molecule has 4 heteroatoms. The molecule has 2 rings (SSSR count). The van der Waals surface area contributed by atoms with Gasteiger partial charge in [-0.2, -0.15) is 0 Å². The zero-order valence-corrected chi connectivity index (χ0v) is 13.7. The van der Waals surface area contributed by atoms with Crippen LogP contribution in [-0.4, -0.2) is 30.8 Å². The first-order valence-electron chi connectivity index (χ1n) is 7.69. The van der Waals surface area contributed by atoms with Gasteiger partial charge in [0.25, 0.3) is 0 Å². The van der Waals surface area contributed by atoms with Crippen LogP contribution in [0, 0.1) is 5.82 Å². The fourth-order valence-corrected chi connectivity index (χ4v) is 2.75. The first-order chi connectivity index (χ1) is 9.76. The molecule has 1 aromatic carbocycles. The minimum atomic E-state index is -0.143. The van der Waals surface area contributed by atoms with Gasteiger partial charge in [0.05, 0.1) is 12.2 Å². The second kappa shape index (κ2) is 6.32. The normalized spacial score (nSPS) is 23.4. The van der Waals surface area contributed by atoms with E-state index in [1.165, 1.54) is 6.07 Å². The van der Waals surface area contributed by atoms with Crippen LogP contribution < -0.4 is 10.2 Å². The van der Waals surface area contributed by atoms with Crippen molar-refractivity contribution in [1.29, 1.82) is 0 Å². The standard InChI is InChI=1S/C17H27FN2O/c1-12-10-20(11-13(2)21-12)16-8-6-7-15(18)14(16)9-19-17(3,4)5/h6-8,12-13,19H,9-11H2,1-5H3. The number of nitrogens with one attached hydrogen (secondary N) is 1. The number of rotatable bonds is 3. The Morgan fingerprint density at radius 1 is 1.24 bits per heavy atom. The van der Waals surface area contributed by atoms with Crippen molar-refractivity contribution in [1.82, 2.24) is 5.32 Å². The number of ether oxygens (including phenoxy) is 1. The molecule has 3 nitrogen and oxygen atoms in total. The van der Waals surface area contributed by atoms with Gasteiger partial charge < -0.3 is 15.0 Å². The highest BCUT2D eigenvalue weighted by Crippen LogP contribution is 2.27. The molecule has 0 radical (unpaired) electrons.